The van der Waals surface area contributed by atoms with Crippen molar-refractivity contribution in [3.8, 4) is 0 Å². The topological polar surface area (TPSA) is 30.5 Å². The highest BCUT2D eigenvalue weighted by Crippen LogP contribution is 2.37. The van der Waals surface area contributed by atoms with Crippen LogP contribution in [0.1, 0.15) is 33.6 Å². The Labute approximate surface area is 99.9 Å². The molecule has 1 N–H and O–H groups in total. The second kappa shape index (κ2) is 6.58. The second-order valence-electron chi connectivity index (χ2n) is 5.38. The third kappa shape index (κ3) is 3.72. The molecule has 96 valence electrons. The molecular formula is C13H27NO2. The van der Waals surface area contributed by atoms with Crippen LogP contribution in [0.3, 0.4) is 0 Å². The van der Waals surface area contributed by atoms with Crippen LogP contribution in [0.25, 0.3) is 0 Å². The van der Waals surface area contributed by atoms with Crippen LogP contribution >= 0.6 is 0 Å². The van der Waals surface area contributed by atoms with Crippen LogP contribution in [-0.4, -0.2) is 39.5 Å². The summed E-state index contributed by atoms with van der Waals surface area (Å²) in [6, 6.07) is 0.548. The van der Waals surface area contributed by atoms with Crippen molar-refractivity contribution in [3.05, 3.63) is 0 Å². The van der Waals surface area contributed by atoms with Gasteiger partial charge in [-0.25, -0.2) is 0 Å². The highest BCUT2D eigenvalue weighted by atomic mass is 16.5. The normalized spacial score (nSPS) is 27.6. The number of methoxy groups -OCH3 is 1. The van der Waals surface area contributed by atoms with Gasteiger partial charge >= 0.3 is 0 Å². The monoisotopic (exact) mass is 229 g/mol. The summed E-state index contributed by atoms with van der Waals surface area (Å²) in [7, 11) is 1.77. The largest absolute Gasteiger partial charge is 0.385 e. The van der Waals surface area contributed by atoms with Crippen LogP contribution in [0.5, 0.6) is 0 Å². The fraction of sp³-hybridized carbons (Fsp3) is 1.00. The summed E-state index contributed by atoms with van der Waals surface area (Å²) < 4.78 is 10.8. The highest BCUT2D eigenvalue weighted by Gasteiger charge is 2.39. The van der Waals surface area contributed by atoms with Gasteiger partial charge in [-0.1, -0.05) is 20.8 Å². The van der Waals surface area contributed by atoms with E-state index in [2.05, 4.69) is 26.1 Å². The molecule has 0 bridgehead atoms. The van der Waals surface area contributed by atoms with Gasteiger partial charge < -0.3 is 14.8 Å². The molecule has 0 amide bonds. The SMILES string of the molecule is COCCC(C)C1(CNC(C)C)CCOC1. The van der Waals surface area contributed by atoms with Crippen molar-refractivity contribution in [2.75, 3.05) is 33.5 Å². The van der Waals surface area contributed by atoms with Crippen molar-refractivity contribution >= 4 is 0 Å². The molecule has 16 heavy (non-hydrogen) atoms. The molecule has 1 fully saturated rings. The van der Waals surface area contributed by atoms with Gasteiger partial charge in [0.15, 0.2) is 0 Å². The zero-order valence-electron chi connectivity index (χ0n) is 11.2. The maximum atomic E-state index is 5.61. The lowest BCUT2D eigenvalue weighted by Crippen LogP contribution is -2.42. The molecule has 1 heterocycles. The summed E-state index contributed by atoms with van der Waals surface area (Å²) in [5, 5.41) is 3.56. The highest BCUT2D eigenvalue weighted by molar-refractivity contribution is 4.90. The van der Waals surface area contributed by atoms with Gasteiger partial charge in [-0.05, 0) is 18.8 Å². The van der Waals surface area contributed by atoms with Crippen LogP contribution < -0.4 is 5.32 Å². The van der Waals surface area contributed by atoms with Crippen LogP contribution in [-0.2, 0) is 9.47 Å². The third-order valence-electron chi connectivity index (χ3n) is 3.80. The summed E-state index contributed by atoms with van der Waals surface area (Å²) in [5.41, 5.74) is 0.322. The molecule has 0 spiro atoms. The Hall–Kier alpha value is -0.120. The second-order valence-corrected chi connectivity index (χ2v) is 5.38. The molecule has 1 aliphatic rings. The molecule has 1 aliphatic heterocycles. The lowest BCUT2D eigenvalue weighted by atomic mass is 9.74. The summed E-state index contributed by atoms with van der Waals surface area (Å²) in [5.74, 6) is 0.654. The van der Waals surface area contributed by atoms with Gasteiger partial charge in [0.25, 0.3) is 0 Å². The molecule has 2 unspecified atom stereocenters. The van der Waals surface area contributed by atoms with Crippen LogP contribution in [0.4, 0.5) is 0 Å². The molecule has 1 rings (SSSR count). The fourth-order valence-corrected chi connectivity index (χ4v) is 2.33. The van der Waals surface area contributed by atoms with Crippen molar-refractivity contribution in [2.45, 2.75) is 39.7 Å². The Morgan fingerprint density at radius 2 is 2.12 bits per heavy atom. The van der Waals surface area contributed by atoms with E-state index >= 15 is 0 Å². The molecule has 3 heteroatoms. The minimum atomic E-state index is 0.322. The third-order valence-corrected chi connectivity index (χ3v) is 3.80. The van der Waals surface area contributed by atoms with Gasteiger partial charge in [-0.15, -0.1) is 0 Å². The van der Waals surface area contributed by atoms with E-state index in [1.54, 1.807) is 7.11 Å². The van der Waals surface area contributed by atoms with Crippen LogP contribution in [0.15, 0.2) is 0 Å². The Morgan fingerprint density at radius 3 is 2.62 bits per heavy atom. The van der Waals surface area contributed by atoms with Crippen molar-refractivity contribution in [2.24, 2.45) is 11.3 Å². The minimum absolute atomic E-state index is 0.322. The van der Waals surface area contributed by atoms with Gasteiger partial charge in [0.2, 0.25) is 0 Å². The van der Waals surface area contributed by atoms with Gasteiger partial charge in [-0.3, -0.25) is 0 Å². The van der Waals surface area contributed by atoms with E-state index < -0.39 is 0 Å². The van der Waals surface area contributed by atoms with Crippen molar-refractivity contribution in [1.82, 2.24) is 5.32 Å². The van der Waals surface area contributed by atoms with E-state index in [0.717, 1.165) is 32.8 Å². The first-order valence-electron chi connectivity index (χ1n) is 6.41. The van der Waals surface area contributed by atoms with Gasteiger partial charge in [0.05, 0.1) is 6.61 Å². The molecule has 0 aromatic carbocycles. The number of nitrogens with one attached hydrogen (secondary N) is 1. The predicted molar refractivity (Wildman–Crippen MR) is 66.7 cm³/mol. The van der Waals surface area contributed by atoms with Gasteiger partial charge in [0, 0.05) is 38.3 Å². The van der Waals surface area contributed by atoms with E-state index in [0.29, 0.717) is 17.4 Å². The lowest BCUT2D eigenvalue weighted by Gasteiger charge is -2.35. The molecule has 3 nitrogen and oxygen atoms in total. The average molecular weight is 229 g/mol. The van der Waals surface area contributed by atoms with Crippen LogP contribution in [0.2, 0.25) is 0 Å². The number of rotatable bonds is 7. The number of hydrogen-bond acceptors (Lipinski definition) is 3. The first-order valence-corrected chi connectivity index (χ1v) is 6.41. The Morgan fingerprint density at radius 1 is 1.38 bits per heavy atom. The zero-order valence-corrected chi connectivity index (χ0v) is 11.2. The first-order chi connectivity index (χ1) is 7.60. The van der Waals surface area contributed by atoms with Crippen molar-refractivity contribution < 1.29 is 9.47 Å². The molecule has 0 saturated carbocycles. The quantitative estimate of drug-likeness (QED) is 0.725. The summed E-state index contributed by atoms with van der Waals surface area (Å²) in [6.45, 7) is 10.5. The first kappa shape index (κ1) is 13.9. The smallest absolute Gasteiger partial charge is 0.0538 e. The minimum Gasteiger partial charge on any atom is -0.385 e. The standard InChI is InChI=1S/C13H27NO2/c1-11(2)14-9-13(6-8-16-10-13)12(3)5-7-15-4/h11-12,14H,5-10H2,1-4H3. The molecule has 1 saturated heterocycles. The fourth-order valence-electron chi connectivity index (χ4n) is 2.33. The van der Waals surface area contributed by atoms with E-state index in [1.165, 1.54) is 6.42 Å². The maximum absolute atomic E-state index is 5.61. The van der Waals surface area contributed by atoms with E-state index in [9.17, 15) is 0 Å². The lowest BCUT2D eigenvalue weighted by molar-refractivity contribution is 0.0847. The zero-order chi connectivity index (χ0) is 12.0. The van der Waals surface area contributed by atoms with E-state index in [4.69, 9.17) is 9.47 Å². The van der Waals surface area contributed by atoms with Gasteiger partial charge in [-0.2, -0.15) is 0 Å². The molecule has 0 aromatic rings. The van der Waals surface area contributed by atoms with Crippen LogP contribution in [0, 0.1) is 11.3 Å². The number of hydrogen-bond donors (Lipinski definition) is 1. The molecular weight excluding hydrogens is 202 g/mol. The maximum Gasteiger partial charge on any atom is 0.0538 e. The van der Waals surface area contributed by atoms with Crippen molar-refractivity contribution in [1.29, 1.82) is 0 Å². The molecule has 0 radical (unpaired) electrons. The van der Waals surface area contributed by atoms with Crippen molar-refractivity contribution in [3.63, 3.8) is 0 Å². The molecule has 0 aliphatic carbocycles. The Kier molecular flexibility index (Phi) is 5.73. The summed E-state index contributed by atoms with van der Waals surface area (Å²) >= 11 is 0. The average Bonchev–Trinajstić information content (AvgIpc) is 2.73. The summed E-state index contributed by atoms with van der Waals surface area (Å²) in [4.78, 5) is 0. The molecule has 2 atom stereocenters. The van der Waals surface area contributed by atoms with E-state index in [1.807, 2.05) is 0 Å². The number of ether oxygens (including phenoxy) is 2. The predicted octanol–water partition coefficient (Wildman–Crippen LogP) is 2.06. The van der Waals surface area contributed by atoms with Gasteiger partial charge in [0.1, 0.15) is 0 Å². The molecule has 0 aromatic heterocycles. The Bertz CT molecular complexity index is 188. The Balaban J connectivity index is 2.50. The van der Waals surface area contributed by atoms with E-state index in [-0.39, 0.29) is 0 Å². The summed E-state index contributed by atoms with van der Waals surface area (Å²) in [6.07, 6.45) is 2.30.